The first-order valence-corrected chi connectivity index (χ1v) is 8.40. The normalized spacial score (nSPS) is 10.5. The predicted molar refractivity (Wildman–Crippen MR) is 100 cm³/mol. The Kier molecular flexibility index (Phi) is 5.30. The molecule has 0 bridgehead atoms. The summed E-state index contributed by atoms with van der Waals surface area (Å²) in [5.74, 6) is -0.725. The second kappa shape index (κ2) is 7.82. The molecule has 0 saturated carbocycles. The van der Waals surface area contributed by atoms with Crippen LogP contribution in [0.4, 0.5) is 10.1 Å². The molecule has 0 atom stereocenters. The van der Waals surface area contributed by atoms with Gasteiger partial charge >= 0.3 is 0 Å². The smallest absolute Gasteiger partial charge is 0.280 e. The molecule has 3 aromatic rings. The molecule has 6 nitrogen and oxygen atoms in total. The number of halogens is 1. The highest BCUT2D eigenvalue weighted by molar-refractivity contribution is 6.03. The molecule has 1 heterocycles. The zero-order valence-electron chi connectivity index (χ0n) is 14.9. The monoisotopic (exact) mass is 367 g/mol. The van der Waals surface area contributed by atoms with Gasteiger partial charge in [-0.2, -0.15) is 5.10 Å². The number of hydrogen-bond donors (Lipinski definition) is 1. The van der Waals surface area contributed by atoms with Gasteiger partial charge in [-0.3, -0.25) is 9.59 Å². The van der Waals surface area contributed by atoms with Gasteiger partial charge in [0.05, 0.1) is 12.3 Å². The molecule has 0 radical (unpaired) electrons. The highest BCUT2D eigenvalue weighted by Crippen LogP contribution is 2.24. The minimum Gasteiger partial charge on any atom is -0.492 e. The molecule has 1 amide bonds. The first kappa shape index (κ1) is 18.3. The van der Waals surface area contributed by atoms with Crippen LogP contribution in [0.2, 0.25) is 0 Å². The molecule has 27 heavy (non-hydrogen) atoms. The summed E-state index contributed by atoms with van der Waals surface area (Å²) in [7, 11) is 0. The first-order valence-electron chi connectivity index (χ1n) is 8.40. The van der Waals surface area contributed by atoms with Crippen LogP contribution >= 0.6 is 0 Å². The average molecular weight is 367 g/mol. The van der Waals surface area contributed by atoms with Crippen molar-refractivity contribution in [3.63, 3.8) is 0 Å². The van der Waals surface area contributed by atoms with Crippen molar-refractivity contribution in [3.8, 4) is 11.4 Å². The number of aryl methyl sites for hydroxylation is 1. The number of carbonyl (C=O) groups is 1. The molecular weight excluding hydrogens is 349 g/mol. The van der Waals surface area contributed by atoms with Crippen molar-refractivity contribution in [1.82, 2.24) is 9.78 Å². The summed E-state index contributed by atoms with van der Waals surface area (Å²) in [4.78, 5) is 24.9. The van der Waals surface area contributed by atoms with Crippen molar-refractivity contribution in [3.05, 3.63) is 82.0 Å². The molecule has 7 heteroatoms. The molecular formula is C20H18FN3O3. The van der Waals surface area contributed by atoms with E-state index in [1.54, 1.807) is 43.3 Å². The fourth-order valence-corrected chi connectivity index (χ4v) is 2.60. The topological polar surface area (TPSA) is 73.2 Å². The Hall–Kier alpha value is -3.48. The lowest BCUT2D eigenvalue weighted by Gasteiger charge is -2.13. The summed E-state index contributed by atoms with van der Waals surface area (Å²) < 4.78 is 20.8. The number of ether oxygens (including phenoxy) is 1. The molecule has 138 valence electrons. The van der Waals surface area contributed by atoms with Crippen LogP contribution in [0.3, 0.4) is 0 Å². The number of aromatic nitrogens is 2. The van der Waals surface area contributed by atoms with Crippen LogP contribution in [-0.2, 0) is 0 Å². The Morgan fingerprint density at radius 3 is 2.63 bits per heavy atom. The van der Waals surface area contributed by atoms with Gasteiger partial charge in [0.1, 0.15) is 17.3 Å². The van der Waals surface area contributed by atoms with Crippen LogP contribution in [0.1, 0.15) is 23.1 Å². The van der Waals surface area contributed by atoms with E-state index in [9.17, 15) is 14.0 Å². The van der Waals surface area contributed by atoms with Gasteiger partial charge < -0.3 is 10.1 Å². The molecule has 1 N–H and O–H groups in total. The SMILES string of the molecule is CCOc1ccccc1NC(=O)c1nn(-c2ccccc2F)c(C)cc1=O. The lowest BCUT2D eigenvalue weighted by atomic mass is 10.2. The van der Waals surface area contributed by atoms with Gasteiger partial charge in [-0.25, -0.2) is 9.07 Å². The zero-order chi connectivity index (χ0) is 19.4. The van der Waals surface area contributed by atoms with E-state index in [2.05, 4.69) is 10.4 Å². The molecule has 0 spiro atoms. The van der Waals surface area contributed by atoms with E-state index in [-0.39, 0.29) is 11.4 Å². The summed E-state index contributed by atoms with van der Waals surface area (Å²) in [5, 5.41) is 6.72. The maximum absolute atomic E-state index is 14.1. The first-order chi connectivity index (χ1) is 13.0. The Morgan fingerprint density at radius 1 is 1.19 bits per heavy atom. The minimum atomic E-state index is -0.697. The highest BCUT2D eigenvalue weighted by Gasteiger charge is 2.18. The second-order valence-corrected chi connectivity index (χ2v) is 5.75. The maximum atomic E-state index is 14.1. The van der Waals surface area contributed by atoms with E-state index < -0.39 is 17.2 Å². The molecule has 1 aromatic heterocycles. The number of anilines is 1. The Bertz CT molecular complexity index is 1050. The number of carbonyl (C=O) groups excluding carboxylic acids is 1. The molecule has 0 aliphatic carbocycles. The fraction of sp³-hybridized carbons (Fsp3) is 0.150. The summed E-state index contributed by atoms with van der Waals surface area (Å²) in [6.45, 7) is 3.87. The maximum Gasteiger partial charge on any atom is 0.280 e. The summed E-state index contributed by atoms with van der Waals surface area (Å²) >= 11 is 0. The Labute approximate surface area is 155 Å². The van der Waals surface area contributed by atoms with E-state index in [0.29, 0.717) is 23.7 Å². The molecule has 0 fully saturated rings. The minimum absolute atomic E-state index is 0.152. The number of nitrogens with zero attached hydrogens (tertiary/aromatic N) is 2. The van der Waals surface area contributed by atoms with Gasteiger partial charge in [-0.05, 0) is 38.1 Å². The lowest BCUT2D eigenvalue weighted by Crippen LogP contribution is -2.27. The van der Waals surface area contributed by atoms with Gasteiger partial charge in [0.2, 0.25) is 5.43 Å². The largest absolute Gasteiger partial charge is 0.492 e. The van der Waals surface area contributed by atoms with E-state index in [4.69, 9.17) is 4.74 Å². The molecule has 0 aliphatic rings. The number of para-hydroxylation sites is 3. The summed E-state index contributed by atoms with van der Waals surface area (Å²) in [6.07, 6.45) is 0. The lowest BCUT2D eigenvalue weighted by molar-refractivity contribution is 0.101. The zero-order valence-corrected chi connectivity index (χ0v) is 14.9. The van der Waals surface area contributed by atoms with Crippen molar-refractivity contribution in [2.75, 3.05) is 11.9 Å². The van der Waals surface area contributed by atoms with Crippen LogP contribution in [0.15, 0.2) is 59.4 Å². The van der Waals surface area contributed by atoms with Crippen molar-refractivity contribution in [2.24, 2.45) is 0 Å². The van der Waals surface area contributed by atoms with Crippen molar-refractivity contribution < 1.29 is 13.9 Å². The number of amides is 1. The molecule has 0 unspecified atom stereocenters. The highest BCUT2D eigenvalue weighted by atomic mass is 19.1. The third kappa shape index (κ3) is 3.87. The molecule has 3 rings (SSSR count). The third-order valence-electron chi connectivity index (χ3n) is 3.84. The molecule has 2 aromatic carbocycles. The van der Waals surface area contributed by atoms with Gasteiger partial charge in [0.25, 0.3) is 5.91 Å². The van der Waals surface area contributed by atoms with Crippen LogP contribution < -0.4 is 15.5 Å². The van der Waals surface area contributed by atoms with Gasteiger partial charge in [-0.1, -0.05) is 24.3 Å². The summed E-state index contributed by atoms with van der Waals surface area (Å²) in [5.41, 5.74) is 0.0975. The number of benzene rings is 2. The van der Waals surface area contributed by atoms with E-state index in [0.717, 1.165) is 0 Å². The van der Waals surface area contributed by atoms with Crippen LogP contribution in [0.25, 0.3) is 5.69 Å². The predicted octanol–water partition coefficient (Wildman–Crippen LogP) is 3.33. The van der Waals surface area contributed by atoms with Gasteiger partial charge in [0, 0.05) is 11.8 Å². The van der Waals surface area contributed by atoms with E-state index >= 15 is 0 Å². The molecule has 0 aliphatic heterocycles. The fourth-order valence-electron chi connectivity index (χ4n) is 2.60. The van der Waals surface area contributed by atoms with Crippen LogP contribution in [-0.4, -0.2) is 22.3 Å². The Balaban J connectivity index is 2.00. The summed E-state index contributed by atoms with van der Waals surface area (Å²) in [6, 6.07) is 14.1. The number of hydrogen-bond acceptors (Lipinski definition) is 4. The van der Waals surface area contributed by atoms with Crippen LogP contribution in [0, 0.1) is 12.7 Å². The quantitative estimate of drug-likeness (QED) is 0.751. The Morgan fingerprint density at radius 2 is 1.89 bits per heavy atom. The standard InChI is InChI=1S/C20H18FN3O3/c1-3-27-18-11-7-5-9-15(18)22-20(26)19-17(25)12-13(2)24(23-19)16-10-6-4-8-14(16)21/h4-12H,3H2,1-2H3,(H,22,26). The second-order valence-electron chi connectivity index (χ2n) is 5.75. The third-order valence-corrected chi connectivity index (χ3v) is 3.84. The average Bonchev–Trinajstić information content (AvgIpc) is 2.64. The van der Waals surface area contributed by atoms with Crippen molar-refractivity contribution >= 4 is 11.6 Å². The van der Waals surface area contributed by atoms with Crippen molar-refractivity contribution in [2.45, 2.75) is 13.8 Å². The molecule has 0 saturated heterocycles. The number of rotatable bonds is 5. The van der Waals surface area contributed by atoms with Gasteiger partial charge in [-0.15, -0.1) is 0 Å². The van der Waals surface area contributed by atoms with E-state index in [1.165, 1.54) is 22.9 Å². The van der Waals surface area contributed by atoms with E-state index in [1.807, 2.05) is 6.92 Å². The van der Waals surface area contributed by atoms with Crippen LogP contribution in [0.5, 0.6) is 5.75 Å². The van der Waals surface area contributed by atoms with Crippen molar-refractivity contribution in [1.29, 1.82) is 0 Å². The number of nitrogens with one attached hydrogen (secondary N) is 1. The van der Waals surface area contributed by atoms with Gasteiger partial charge in [0.15, 0.2) is 5.69 Å².